The predicted octanol–water partition coefficient (Wildman–Crippen LogP) is 1.02. The molecule has 2 aromatic rings. The Hall–Kier alpha value is -2.17. The van der Waals surface area contributed by atoms with Gasteiger partial charge >= 0.3 is 0 Å². The Morgan fingerprint density at radius 2 is 1.52 bits per heavy atom. The van der Waals surface area contributed by atoms with Crippen LogP contribution >= 0.6 is 0 Å². The van der Waals surface area contributed by atoms with E-state index < -0.39 is 5.41 Å². The van der Waals surface area contributed by atoms with Crippen molar-refractivity contribution in [3.8, 4) is 0 Å². The number of amides is 1. The van der Waals surface area contributed by atoms with Crippen molar-refractivity contribution in [2.75, 3.05) is 39.4 Å². The van der Waals surface area contributed by atoms with E-state index in [1.807, 2.05) is 67.6 Å². The first kappa shape index (κ1) is 17.6. The maximum atomic E-state index is 13.2. The summed E-state index contributed by atoms with van der Waals surface area (Å²) in [5, 5.41) is 3.17. The molecule has 1 aliphatic heterocycles. The van der Waals surface area contributed by atoms with Gasteiger partial charge in [-0.1, -0.05) is 60.7 Å². The second kappa shape index (κ2) is 8.28. The van der Waals surface area contributed by atoms with Crippen LogP contribution in [0.3, 0.4) is 0 Å². The third-order valence-electron chi connectivity index (χ3n) is 5.12. The molecule has 0 aliphatic carbocycles. The molecule has 1 saturated heterocycles. The van der Waals surface area contributed by atoms with Crippen LogP contribution in [0.2, 0.25) is 0 Å². The second-order valence-corrected chi connectivity index (χ2v) is 6.73. The monoisotopic (exact) mass is 339 g/mol. The van der Waals surface area contributed by atoms with Gasteiger partial charge in [0.05, 0.1) is 31.7 Å². The lowest BCUT2D eigenvalue weighted by atomic mass is 9.75. The Labute approximate surface area is 149 Å². The topological polar surface area (TPSA) is 42.8 Å². The highest BCUT2D eigenvalue weighted by Crippen LogP contribution is 2.32. The van der Waals surface area contributed by atoms with E-state index in [2.05, 4.69) is 5.32 Å². The number of ether oxygens (including phenoxy) is 1. The number of carbonyl (C=O) groups is 1. The van der Waals surface area contributed by atoms with Gasteiger partial charge in [0.25, 0.3) is 0 Å². The lowest BCUT2D eigenvalue weighted by Gasteiger charge is -2.30. The van der Waals surface area contributed by atoms with Gasteiger partial charge in [-0.2, -0.15) is 0 Å². The van der Waals surface area contributed by atoms with Crippen molar-refractivity contribution in [3.05, 3.63) is 71.8 Å². The molecule has 0 spiro atoms. The Bertz CT molecular complexity index is 627. The highest BCUT2D eigenvalue weighted by atomic mass is 16.5. The summed E-state index contributed by atoms with van der Waals surface area (Å²) in [6.45, 7) is 7.30. The van der Waals surface area contributed by atoms with Crippen LogP contribution in [0.15, 0.2) is 60.7 Å². The Morgan fingerprint density at radius 3 is 2.04 bits per heavy atom. The number of hydrogen-bond acceptors (Lipinski definition) is 2. The highest BCUT2D eigenvalue weighted by molar-refractivity contribution is 5.91. The maximum absolute atomic E-state index is 13.2. The van der Waals surface area contributed by atoms with Crippen LogP contribution in [0.5, 0.6) is 0 Å². The zero-order chi connectivity index (χ0) is 17.5. The average Bonchev–Trinajstić information content (AvgIpc) is 2.69. The highest BCUT2D eigenvalue weighted by Gasteiger charge is 2.36. The van der Waals surface area contributed by atoms with Gasteiger partial charge < -0.3 is 15.0 Å². The van der Waals surface area contributed by atoms with Crippen molar-refractivity contribution in [2.45, 2.75) is 12.3 Å². The minimum absolute atomic E-state index is 0.0533. The van der Waals surface area contributed by atoms with E-state index in [1.165, 1.54) is 4.90 Å². The summed E-state index contributed by atoms with van der Waals surface area (Å²) >= 11 is 0. The molecule has 3 rings (SSSR count). The van der Waals surface area contributed by atoms with E-state index >= 15 is 0 Å². The van der Waals surface area contributed by atoms with Crippen molar-refractivity contribution in [1.82, 2.24) is 5.32 Å². The summed E-state index contributed by atoms with van der Waals surface area (Å²) in [4.78, 5) is 14.7. The zero-order valence-electron chi connectivity index (χ0n) is 14.8. The molecule has 0 aromatic heterocycles. The van der Waals surface area contributed by atoms with Crippen LogP contribution in [0.1, 0.15) is 18.1 Å². The molecular formula is C21H27N2O2+. The molecule has 1 aliphatic rings. The van der Waals surface area contributed by atoms with Gasteiger partial charge in [0.1, 0.15) is 13.1 Å². The van der Waals surface area contributed by atoms with Crippen LogP contribution < -0.4 is 10.2 Å². The van der Waals surface area contributed by atoms with E-state index in [9.17, 15) is 4.79 Å². The number of benzene rings is 2. The first-order valence-electron chi connectivity index (χ1n) is 9.02. The van der Waals surface area contributed by atoms with Gasteiger partial charge in [-0.25, -0.2) is 0 Å². The Kier molecular flexibility index (Phi) is 5.84. The number of nitrogens with one attached hydrogen (secondary N) is 2. The van der Waals surface area contributed by atoms with Crippen molar-refractivity contribution in [3.63, 3.8) is 0 Å². The smallest absolute Gasteiger partial charge is 0.235 e. The molecule has 2 N–H and O–H groups in total. The molecule has 0 saturated carbocycles. The molecule has 1 heterocycles. The number of rotatable bonds is 6. The molecule has 1 amide bonds. The molecule has 0 radical (unpaired) electrons. The summed E-state index contributed by atoms with van der Waals surface area (Å²) < 4.78 is 5.39. The minimum Gasteiger partial charge on any atom is -0.370 e. The van der Waals surface area contributed by atoms with Crippen molar-refractivity contribution in [2.24, 2.45) is 0 Å². The summed E-state index contributed by atoms with van der Waals surface area (Å²) in [5.41, 5.74) is 1.33. The van der Waals surface area contributed by atoms with Gasteiger partial charge in [-0.15, -0.1) is 0 Å². The molecule has 2 aromatic carbocycles. The quantitative estimate of drug-likeness (QED) is 0.825. The molecule has 0 unspecified atom stereocenters. The summed E-state index contributed by atoms with van der Waals surface area (Å²) in [6, 6.07) is 20.0. The summed E-state index contributed by atoms with van der Waals surface area (Å²) in [5.74, 6) is 0.0533. The van der Waals surface area contributed by atoms with Gasteiger partial charge in [-0.3, -0.25) is 4.79 Å². The summed E-state index contributed by atoms with van der Waals surface area (Å²) in [7, 11) is 0. The Morgan fingerprint density at radius 1 is 1.00 bits per heavy atom. The van der Waals surface area contributed by atoms with Crippen LogP contribution in [0, 0.1) is 0 Å². The van der Waals surface area contributed by atoms with Gasteiger partial charge in [0.2, 0.25) is 5.91 Å². The predicted molar refractivity (Wildman–Crippen MR) is 98.7 cm³/mol. The van der Waals surface area contributed by atoms with Crippen LogP contribution in [-0.4, -0.2) is 45.3 Å². The van der Waals surface area contributed by atoms with E-state index in [-0.39, 0.29) is 5.91 Å². The molecular weight excluding hydrogens is 312 g/mol. The SMILES string of the molecule is CC(C(=O)NCC[NH+]1CCOCC1)(c1ccccc1)c1ccccc1. The summed E-state index contributed by atoms with van der Waals surface area (Å²) in [6.07, 6.45) is 0. The molecule has 0 atom stereocenters. The van der Waals surface area contributed by atoms with Crippen molar-refractivity contribution < 1.29 is 14.4 Å². The maximum Gasteiger partial charge on any atom is 0.235 e. The second-order valence-electron chi connectivity index (χ2n) is 6.73. The molecule has 4 heteroatoms. The van der Waals surface area contributed by atoms with E-state index in [0.717, 1.165) is 44.0 Å². The van der Waals surface area contributed by atoms with E-state index in [1.54, 1.807) is 0 Å². The standard InChI is InChI=1S/C21H26N2O2/c1-21(18-8-4-2-5-9-18,19-10-6-3-7-11-19)20(24)22-12-13-23-14-16-25-17-15-23/h2-11H,12-17H2,1H3,(H,22,24)/p+1. The fraction of sp³-hybridized carbons (Fsp3) is 0.381. The number of hydrogen-bond donors (Lipinski definition) is 2. The van der Waals surface area contributed by atoms with Gasteiger partial charge in [0.15, 0.2) is 0 Å². The average molecular weight is 339 g/mol. The fourth-order valence-corrected chi connectivity index (χ4v) is 3.41. The third-order valence-corrected chi connectivity index (χ3v) is 5.12. The number of carbonyl (C=O) groups excluding carboxylic acids is 1. The van der Waals surface area contributed by atoms with Crippen LogP contribution in [-0.2, 0) is 14.9 Å². The van der Waals surface area contributed by atoms with E-state index in [4.69, 9.17) is 4.74 Å². The molecule has 25 heavy (non-hydrogen) atoms. The number of quaternary nitrogens is 1. The first-order valence-corrected chi connectivity index (χ1v) is 9.02. The van der Waals surface area contributed by atoms with Crippen molar-refractivity contribution in [1.29, 1.82) is 0 Å². The fourth-order valence-electron chi connectivity index (χ4n) is 3.41. The lowest BCUT2D eigenvalue weighted by Crippen LogP contribution is -3.14. The van der Waals surface area contributed by atoms with Crippen LogP contribution in [0.25, 0.3) is 0 Å². The lowest BCUT2D eigenvalue weighted by molar-refractivity contribution is -0.906. The van der Waals surface area contributed by atoms with E-state index in [0.29, 0.717) is 6.54 Å². The third kappa shape index (κ3) is 4.09. The Balaban J connectivity index is 1.74. The van der Waals surface area contributed by atoms with Crippen molar-refractivity contribution >= 4 is 5.91 Å². The minimum atomic E-state index is -0.692. The zero-order valence-corrected chi connectivity index (χ0v) is 14.8. The molecule has 0 bridgehead atoms. The molecule has 132 valence electrons. The largest absolute Gasteiger partial charge is 0.370 e. The molecule has 4 nitrogen and oxygen atoms in total. The first-order chi connectivity index (χ1) is 12.2. The van der Waals surface area contributed by atoms with Gasteiger partial charge in [-0.05, 0) is 18.1 Å². The van der Waals surface area contributed by atoms with Crippen LogP contribution in [0.4, 0.5) is 0 Å². The normalized spacial score (nSPS) is 15.7. The number of morpholine rings is 1. The van der Waals surface area contributed by atoms with Gasteiger partial charge in [0, 0.05) is 0 Å². The molecule has 1 fully saturated rings.